The molecule has 1 aromatic heterocycles. The first-order valence-corrected chi connectivity index (χ1v) is 6.29. The monoisotopic (exact) mass is 235 g/mol. The third-order valence-electron chi connectivity index (χ3n) is 3.10. The van der Waals surface area contributed by atoms with Crippen LogP contribution in [0.25, 0.3) is 0 Å². The normalized spacial score (nSPS) is 16.6. The fourth-order valence-electron chi connectivity index (χ4n) is 2.00. The number of anilines is 1. The first-order valence-electron chi connectivity index (χ1n) is 6.29. The lowest BCUT2D eigenvalue weighted by atomic mass is 9.83. The molecule has 0 spiro atoms. The lowest BCUT2D eigenvalue weighted by Crippen LogP contribution is -2.19. The van der Waals surface area contributed by atoms with Crippen LogP contribution in [0.5, 0.6) is 0 Å². The van der Waals surface area contributed by atoms with Gasteiger partial charge in [-0.05, 0) is 18.3 Å². The van der Waals surface area contributed by atoms with Crippen molar-refractivity contribution < 1.29 is 4.79 Å². The average Bonchev–Trinajstić information content (AvgIpc) is 2.45. The number of aromatic amines is 1. The fraction of sp³-hybridized carbons (Fsp3) is 0.692. The maximum Gasteiger partial charge on any atom is 0.226 e. The molecule has 17 heavy (non-hydrogen) atoms. The number of nitrogens with one attached hydrogen (secondary N) is 2. The van der Waals surface area contributed by atoms with Crippen LogP contribution in [0.3, 0.4) is 0 Å². The third-order valence-corrected chi connectivity index (χ3v) is 3.10. The smallest absolute Gasteiger partial charge is 0.226 e. The summed E-state index contributed by atoms with van der Waals surface area (Å²) in [4.78, 5) is 11.7. The van der Waals surface area contributed by atoms with Crippen LogP contribution >= 0.6 is 0 Å². The van der Waals surface area contributed by atoms with Gasteiger partial charge in [0.1, 0.15) is 0 Å². The van der Waals surface area contributed by atoms with Crippen molar-refractivity contribution in [2.75, 3.05) is 5.32 Å². The van der Waals surface area contributed by atoms with Gasteiger partial charge in [-0.3, -0.25) is 9.89 Å². The van der Waals surface area contributed by atoms with Crippen LogP contribution in [-0.2, 0) is 4.79 Å². The van der Waals surface area contributed by atoms with Crippen molar-refractivity contribution in [3.63, 3.8) is 0 Å². The second kappa shape index (κ2) is 4.51. The van der Waals surface area contributed by atoms with Gasteiger partial charge >= 0.3 is 0 Å². The molecule has 0 radical (unpaired) electrons. The Morgan fingerprint density at radius 1 is 1.53 bits per heavy atom. The number of carbonyl (C=O) groups is 1. The average molecular weight is 235 g/mol. The lowest BCUT2D eigenvalue weighted by molar-refractivity contribution is -0.117. The van der Waals surface area contributed by atoms with Crippen LogP contribution in [0.2, 0.25) is 0 Å². The van der Waals surface area contributed by atoms with Crippen molar-refractivity contribution in [2.45, 2.75) is 52.4 Å². The highest BCUT2D eigenvalue weighted by atomic mass is 16.1. The largest absolute Gasteiger partial charge is 0.309 e. The molecular weight excluding hydrogens is 214 g/mol. The Hall–Kier alpha value is -1.32. The van der Waals surface area contributed by atoms with E-state index in [0.717, 1.165) is 5.69 Å². The molecule has 1 saturated carbocycles. The molecule has 0 unspecified atom stereocenters. The third kappa shape index (κ3) is 3.32. The maximum absolute atomic E-state index is 11.7. The predicted octanol–water partition coefficient (Wildman–Crippen LogP) is 3.05. The number of hydrogen-bond donors (Lipinski definition) is 2. The van der Waals surface area contributed by atoms with Gasteiger partial charge < -0.3 is 5.32 Å². The van der Waals surface area contributed by atoms with Crippen molar-refractivity contribution in [1.82, 2.24) is 10.2 Å². The zero-order chi connectivity index (χ0) is 12.5. The molecule has 1 aliphatic carbocycles. The first kappa shape index (κ1) is 12.1. The predicted molar refractivity (Wildman–Crippen MR) is 67.9 cm³/mol. The number of H-pyrrole nitrogens is 1. The second-order valence-electron chi connectivity index (χ2n) is 6.12. The summed E-state index contributed by atoms with van der Waals surface area (Å²) < 4.78 is 0. The van der Waals surface area contributed by atoms with E-state index in [1.54, 1.807) is 0 Å². The Balaban J connectivity index is 1.90. The summed E-state index contributed by atoms with van der Waals surface area (Å²) in [5.41, 5.74) is 1.17. The molecule has 94 valence electrons. The van der Waals surface area contributed by atoms with Crippen molar-refractivity contribution >= 4 is 11.7 Å². The highest BCUT2D eigenvalue weighted by molar-refractivity contribution is 5.90. The number of aromatic nitrogens is 2. The molecular formula is C13H21N3O. The minimum Gasteiger partial charge on any atom is -0.309 e. The summed E-state index contributed by atoms with van der Waals surface area (Å²) in [7, 11) is 0. The van der Waals surface area contributed by atoms with E-state index in [1.807, 2.05) is 6.07 Å². The lowest BCUT2D eigenvalue weighted by Gasteiger charge is -2.23. The van der Waals surface area contributed by atoms with Gasteiger partial charge in [0.25, 0.3) is 0 Å². The molecule has 2 rings (SSSR count). The van der Waals surface area contributed by atoms with Crippen molar-refractivity contribution in [3.05, 3.63) is 11.8 Å². The molecule has 0 bridgehead atoms. The van der Waals surface area contributed by atoms with E-state index < -0.39 is 0 Å². The van der Waals surface area contributed by atoms with E-state index in [4.69, 9.17) is 0 Å². The van der Waals surface area contributed by atoms with Gasteiger partial charge in [-0.15, -0.1) is 0 Å². The quantitative estimate of drug-likeness (QED) is 0.846. The van der Waals surface area contributed by atoms with Gasteiger partial charge in [0.15, 0.2) is 5.82 Å². The molecule has 1 heterocycles. The Kier molecular flexibility index (Phi) is 3.22. The van der Waals surface area contributed by atoms with E-state index in [-0.39, 0.29) is 11.3 Å². The molecule has 1 aliphatic rings. The molecule has 0 aliphatic heterocycles. The molecule has 1 fully saturated rings. The standard InChI is InChI=1S/C13H21N3O/c1-13(2,3)8-12(17)14-11-7-10(15-16-11)9-5-4-6-9/h7,9H,4-6,8H2,1-3H3,(H2,14,15,16,17). The van der Waals surface area contributed by atoms with E-state index in [1.165, 1.54) is 19.3 Å². The van der Waals surface area contributed by atoms with Crippen molar-refractivity contribution in [1.29, 1.82) is 0 Å². The Bertz CT molecular complexity index is 399. The van der Waals surface area contributed by atoms with Crippen molar-refractivity contribution in [2.24, 2.45) is 5.41 Å². The van der Waals surface area contributed by atoms with Crippen LogP contribution in [-0.4, -0.2) is 16.1 Å². The van der Waals surface area contributed by atoms with E-state index in [2.05, 4.69) is 36.3 Å². The number of nitrogens with zero attached hydrogens (tertiary/aromatic N) is 1. The Labute approximate surface area is 102 Å². The molecule has 1 aromatic rings. The van der Waals surface area contributed by atoms with Crippen LogP contribution in [0.1, 0.15) is 58.1 Å². The number of amides is 1. The van der Waals surface area contributed by atoms with E-state index in [9.17, 15) is 4.79 Å². The highest BCUT2D eigenvalue weighted by Crippen LogP contribution is 2.35. The van der Waals surface area contributed by atoms with E-state index >= 15 is 0 Å². The number of carbonyl (C=O) groups excluding carboxylic acids is 1. The molecule has 4 heteroatoms. The Morgan fingerprint density at radius 3 is 2.76 bits per heavy atom. The first-order chi connectivity index (χ1) is 7.94. The molecule has 0 atom stereocenters. The summed E-state index contributed by atoms with van der Waals surface area (Å²) in [5.74, 6) is 1.31. The van der Waals surface area contributed by atoms with Gasteiger partial charge in [0, 0.05) is 24.1 Å². The summed E-state index contributed by atoms with van der Waals surface area (Å²) in [5, 5.41) is 9.98. The molecule has 0 aromatic carbocycles. The summed E-state index contributed by atoms with van der Waals surface area (Å²) in [6.45, 7) is 6.16. The Morgan fingerprint density at radius 2 is 2.24 bits per heavy atom. The van der Waals surface area contributed by atoms with Gasteiger partial charge in [-0.2, -0.15) is 5.10 Å². The maximum atomic E-state index is 11.7. The zero-order valence-corrected chi connectivity index (χ0v) is 10.8. The van der Waals surface area contributed by atoms with Crippen molar-refractivity contribution in [3.8, 4) is 0 Å². The summed E-state index contributed by atoms with van der Waals surface area (Å²) in [6.07, 6.45) is 4.28. The van der Waals surface area contributed by atoms with Gasteiger partial charge in [0.2, 0.25) is 5.91 Å². The van der Waals surface area contributed by atoms with Crippen LogP contribution in [0.4, 0.5) is 5.82 Å². The topological polar surface area (TPSA) is 57.8 Å². The molecule has 2 N–H and O–H groups in total. The SMILES string of the molecule is CC(C)(C)CC(=O)Nc1cc(C2CCC2)[nH]n1. The number of hydrogen-bond acceptors (Lipinski definition) is 2. The highest BCUT2D eigenvalue weighted by Gasteiger charge is 2.22. The number of rotatable bonds is 3. The van der Waals surface area contributed by atoms with Crippen LogP contribution < -0.4 is 5.32 Å². The molecule has 0 saturated heterocycles. The minimum atomic E-state index is 0.0111. The van der Waals surface area contributed by atoms with Gasteiger partial charge in [0.05, 0.1) is 0 Å². The van der Waals surface area contributed by atoms with E-state index in [0.29, 0.717) is 18.2 Å². The summed E-state index contributed by atoms with van der Waals surface area (Å²) >= 11 is 0. The molecule has 4 nitrogen and oxygen atoms in total. The summed E-state index contributed by atoms with van der Waals surface area (Å²) in [6, 6.07) is 1.96. The second-order valence-corrected chi connectivity index (χ2v) is 6.12. The molecule has 1 amide bonds. The minimum absolute atomic E-state index is 0.0111. The van der Waals surface area contributed by atoms with Crippen LogP contribution in [0.15, 0.2) is 6.07 Å². The zero-order valence-electron chi connectivity index (χ0n) is 10.8. The fourth-order valence-corrected chi connectivity index (χ4v) is 2.00. The van der Waals surface area contributed by atoms with Gasteiger partial charge in [-0.1, -0.05) is 27.2 Å². The van der Waals surface area contributed by atoms with Gasteiger partial charge in [-0.25, -0.2) is 0 Å². The van der Waals surface area contributed by atoms with Crippen LogP contribution in [0, 0.1) is 5.41 Å².